The number of barbiturate groups is 1. The van der Waals surface area contributed by atoms with Crippen LogP contribution in [0.25, 0.3) is 6.08 Å². The number of hydrogen-bond acceptors (Lipinski definition) is 6. The number of hydrogen-bond donors (Lipinski definition) is 1. The average molecular weight is 477 g/mol. The Kier molecular flexibility index (Phi) is 7.29. The van der Waals surface area contributed by atoms with Crippen LogP contribution in [-0.2, 0) is 9.59 Å². The molecule has 35 heavy (non-hydrogen) atoms. The molecule has 8 nitrogen and oxygen atoms in total. The molecule has 4 amide bonds. The van der Waals surface area contributed by atoms with Crippen LogP contribution in [0.15, 0.2) is 48.0 Å². The maximum atomic E-state index is 13.3. The number of urea groups is 1. The van der Waals surface area contributed by atoms with Gasteiger partial charge >= 0.3 is 6.03 Å². The Balaban J connectivity index is 1.81. The second-order valence-electron chi connectivity index (χ2n) is 8.38. The number of ether oxygens (including phenoxy) is 2. The molecule has 2 aromatic carbocycles. The van der Waals surface area contributed by atoms with Crippen LogP contribution in [0.1, 0.15) is 61.0 Å². The van der Waals surface area contributed by atoms with Crippen molar-refractivity contribution in [3.05, 3.63) is 64.7 Å². The lowest BCUT2D eigenvalue weighted by molar-refractivity contribution is -0.131. The molecule has 0 bridgehead atoms. The maximum Gasteiger partial charge on any atom is 0.331 e. The Morgan fingerprint density at radius 3 is 2.31 bits per heavy atom. The van der Waals surface area contributed by atoms with Crippen molar-refractivity contribution >= 4 is 29.7 Å². The smallest absolute Gasteiger partial charge is 0.331 e. The minimum Gasteiger partial charge on any atom is -0.493 e. The van der Waals surface area contributed by atoms with Gasteiger partial charge in [-0.15, -0.1) is 0 Å². The molecule has 1 saturated carbocycles. The van der Waals surface area contributed by atoms with Crippen molar-refractivity contribution in [2.45, 2.75) is 45.6 Å². The van der Waals surface area contributed by atoms with Crippen LogP contribution in [0.3, 0.4) is 0 Å². The average Bonchev–Trinajstić information content (AvgIpc) is 3.37. The molecule has 2 aliphatic rings. The molecule has 0 spiro atoms. The quantitative estimate of drug-likeness (QED) is 0.349. The molecular weight excluding hydrogens is 448 g/mol. The van der Waals surface area contributed by atoms with E-state index in [1.54, 1.807) is 43.3 Å². The number of carbonyl (C=O) groups is 4. The number of ketones is 1. The number of nitrogens with one attached hydrogen (secondary N) is 1. The van der Waals surface area contributed by atoms with Gasteiger partial charge in [0.15, 0.2) is 5.78 Å². The summed E-state index contributed by atoms with van der Waals surface area (Å²) >= 11 is 0. The lowest BCUT2D eigenvalue weighted by atomic mass is 9.97. The molecule has 8 heteroatoms. The first-order valence-electron chi connectivity index (χ1n) is 11.9. The third-order valence-electron chi connectivity index (χ3n) is 6.12. The lowest BCUT2D eigenvalue weighted by Gasteiger charge is -2.31. The van der Waals surface area contributed by atoms with Crippen molar-refractivity contribution in [1.29, 1.82) is 0 Å². The van der Waals surface area contributed by atoms with E-state index >= 15 is 0 Å². The predicted molar refractivity (Wildman–Crippen MR) is 129 cm³/mol. The van der Waals surface area contributed by atoms with E-state index in [1.165, 1.54) is 6.08 Å². The van der Waals surface area contributed by atoms with E-state index in [0.717, 1.165) is 17.7 Å². The van der Waals surface area contributed by atoms with Gasteiger partial charge in [-0.25, -0.2) is 4.79 Å². The largest absolute Gasteiger partial charge is 0.493 e. The van der Waals surface area contributed by atoms with Gasteiger partial charge in [0.25, 0.3) is 11.8 Å². The molecule has 1 aliphatic carbocycles. The highest BCUT2D eigenvalue weighted by molar-refractivity contribution is 6.31. The van der Waals surface area contributed by atoms with Gasteiger partial charge in [-0.1, -0.05) is 43.2 Å². The monoisotopic (exact) mass is 476 g/mol. The summed E-state index contributed by atoms with van der Waals surface area (Å²) in [6.45, 7) is 4.27. The summed E-state index contributed by atoms with van der Waals surface area (Å²) in [5, 5.41) is 2.28. The second-order valence-corrected chi connectivity index (χ2v) is 8.38. The first-order valence-corrected chi connectivity index (χ1v) is 11.9. The third-order valence-corrected chi connectivity index (χ3v) is 6.12. The van der Waals surface area contributed by atoms with Gasteiger partial charge in [0.05, 0.1) is 18.8 Å². The van der Waals surface area contributed by atoms with Gasteiger partial charge in [-0.2, -0.15) is 0 Å². The SMILES string of the molecule is CCOc1cc(OCC)c(C(=O)c2ccccc2)cc1/C=C1\C(=O)NC(=O)N(C2CCCC2)C1=O. The van der Waals surface area contributed by atoms with Crippen LogP contribution in [0.4, 0.5) is 4.79 Å². The van der Waals surface area contributed by atoms with Crippen LogP contribution >= 0.6 is 0 Å². The Hall–Kier alpha value is -3.94. The molecule has 2 aromatic rings. The van der Waals surface area contributed by atoms with Gasteiger partial charge in [-0.3, -0.25) is 24.6 Å². The van der Waals surface area contributed by atoms with Gasteiger partial charge < -0.3 is 9.47 Å². The standard InChI is InChI=1S/C27H28N2O6/c1-3-34-22-16-23(35-4-2)20(24(30)17-10-6-5-7-11-17)14-18(22)15-21-25(31)28-27(33)29(26(21)32)19-12-8-9-13-19/h5-7,10-11,14-16,19H,3-4,8-9,12-13H2,1-2H3,(H,28,31,33)/b21-15+. The van der Waals surface area contributed by atoms with E-state index in [4.69, 9.17) is 9.47 Å². The van der Waals surface area contributed by atoms with Crippen LogP contribution < -0.4 is 14.8 Å². The fourth-order valence-corrected chi connectivity index (χ4v) is 4.49. The minimum atomic E-state index is -0.776. The molecule has 1 saturated heterocycles. The van der Waals surface area contributed by atoms with Gasteiger partial charge in [0.2, 0.25) is 0 Å². The van der Waals surface area contributed by atoms with Crippen molar-refractivity contribution < 1.29 is 28.7 Å². The highest BCUT2D eigenvalue weighted by atomic mass is 16.5. The number of rotatable bonds is 8. The number of amides is 4. The zero-order valence-electron chi connectivity index (χ0n) is 19.8. The summed E-state index contributed by atoms with van der Waals surface area (Å²) in [5.41, 5.74) is 0.940. The molecule has 0 aromatic heterocycles. The topological polar surface area (TPSA) is 102 Å². The molecule has 0 atom stereocenters. The maximum absolute atomic E-state index is 13.3. The number of benzene rings is 2. The van der Waals surface area contributed by atoms with E-state index in [9.17, 15) is 19.2 Å². The van der Waals surface area contributed by atoms with Gasteiger partial charge in [-0.05, 0) is 38.8 Å². The van der Waals surface area contributed by atoms with Crippen LogP contribution in [0.2, 0.25) is 0 Å². The van der Waals surface area contributed by atoms with E-state index in [0.29, 0.717) is 48.7 Å². The molecule has 1 heterocycles. The van der Waals surface area contributed by atoms with Crippen molar-refractivity contribution in [2.75, 3.05) is 13.2 Å². The van der Waals surface area contributed by atoms with E-state index in [1.807, 2.05) is 13.0 Å². The summed E-state index contributed by atoms with van der Waals surface area (Å²) in [6.07, 6.45) is 4.65. The first kappa shape index (κ1) is 24.2. The first-order chi connectivity index (χ1) is 16.9. The van der Waals surface area contributed by atoms with Gasteiger partial charge in [0.1, 0.15) is 17.1 Å². The van der Waals surface area contributed by atoms with Crippen LogP contribution in [0, 0.1) is 0 Å². The summed E-state index contributed by atoms with van der Waals surface area (Å²) in [5.74, 6) is -0.981. The van der Waals surface area contributed by atoms with Crippen LogP contribution in [-0.4, -0.2) is 47.8 Å². The number of carbonyl (C=O) groups excluding carboxylic acids is 4. The number of imide groups is 2. The Labute approximate surface area is 203 Å². The summed E-state index contributed by atoms with van der Waals surface area (Å²) in [4.78, 5) is 52.8. The third kappa shape index (κ3) is 4.96. The molecule has 182 valence electrons. The van der Waals surface area contributed by atoms with E-state index < -0.39 is 17.8 Å². The molecule has 4 rings (SSSR count). The second kappa shape index (κ2) is 10.5. The number of nitrogens with zero attached hydrogens (tertiary/aromatic N) is 1. The fourth-order valence-electron chi connectivity index (χ4n) is 4.49. The normalized spacial score (nSPS) is 17.6. The molecule has 0 radical (unpaired) electrons. The Morgan fingerprint density at radius 2 is 1.66 bits per heavy atom. The predicted octanol–water partition coefficient (Wildman–Crippen LogP) is 4.12. The zero-order chi connectivity index (χ0) is 24.9. The van der Waals surface area contributed by atoms with Crippen LogP contribution in [0.5, 0.6) is 11.5 Å². The lowest BCUT2D eigenvalue weighted by Crippen LogP contribution is -2.57. The zero-order valence-corrected chi connectivity index (χ0v) is 19.8. The summed E-state index contributed by atoms with van der Waals surface area (Å²) in [7, 11) is 0. The van der Waals surface area contributed by atoms with Crippen molar-refractivity contribution in [3.8, 4) is 11.5 Å². The molecule has 2 fully saturated rings. The van der Waals surface area contributed by atoms with E-state index in [-0.39, 0.29) is 23.0 Å². The summed E-state index contributed by atoms with van der Waals surface area (Å²) in [6, 6.07) is 11.0. The van der Waals surface area contributed by atoms with Crippen molar-refractivity contribution in [1.82, 2.24) is 10.2 Å². The summed E-state index contributed by atoms with van der Waals surface area (Å²) < 4.78 is 11.5. The molecular formula is C27H28N2O6. The fraction of sp³-hybridized carbons (Fsp3) is 0.333. The molecule has 1 aliphatic heterocycles. The minimum absolute atomic E-state index is 0.181. The van der Waals surface area contributed by atoms with Crippen molar-refractivity contribution in [2.24, 2.45) is 0 Å². The molecule has 0 unspecified atom stereocenters. The Bertz CT molecular complexity index is 1180. The highest BCUT2D eigenvalue weighted by Gasteiger charge is 2.40. The van der Waals surface area contributed by atoms with Crippen molar-refractivity contribution in [3.63, 3.8) is 0 Å². The Morgan fingerprint density at radius 1 is 1.00 bits per heavy atom. The highest BCUT2D eigenvalue weighted by Crippen LogP contribution is 2.34. The van der Waals surface area contributed by atoms with Gasteiger partial charge in [0, 0.05) is 23.2 Å². The van der Waals surface area contributed by atoms with E-state index in [2.05, 4.69) is 5.32 Å². The molecule has 1 N–H and O–H groups in total.